The van der Waals surface area contributed by atoms with Gasteiger partial charge in [0.05, 0.1) is 11.6 Å². The molecule has 0 fully saturated rings. The van der Waals surface area contributed by atoms with Gasteiger partial charge in [0.25, 0.3) is 0 Å². The molecule has 1 aromatic heterocycles. The molecule has 0 unspecified atom stereocenters. The van der Waals surface area contributed by atoms with Gasteiger partial charge in [0, 0.05) is 27.3 Å². The minimum absolute atomic E-state index is 0.330. The Bertz CT molecular complexity index is 849. The number of nitrogens with zero attached hydrogens (tertiary/aromatic N) is 1. The predicted molar refractivity (Wildman–Crippen MR) is 101 cm³/mol. The Balaban J connectivity index is 1.64. The average Bonchev–Trinajstić information content (AvgIpc) is 3.04. The van der Waals surface area contributed by atoms with Crippen molar-refractivity contribution in [2.45, 2.75) is 5.88 Å². The minimum Gasteiger partial charge on any atom is -0.308 e. The molecule has 2 N–H and O–H groups in total. The maximum absolute atomic E-state index is 12.0. The zero-order valence-corrected chi connectivity index (χ0v) is 14.8. The highest BCUT2D eigenvalue weighted by Crippen LogP contribution is 2.25. The van der Waals surface area contributed by atoms with Gasteiger partial charge < -0.3 is 10.6 Å². The van der Waals surface area contributed by atoms with E-state index >= 15 is 0 Å². The van der Waals surface area contributed by atoms with E-state index in [1.54, 1.807) is 35.6 Å². The Hall–Kier alpha value is -2.08. The van der Waals surface area contributed by atoms with Crippen molar-refractivity contribution < 1.29 is 4.79 Å². The monoisotopic (exact) mass is 377 g/mol. The van der Waals surface area contributed by atoms with E-state index in [1.165, 1.54) is 0 Å². The molecule has 0 aliphatic heterocycles. The Kier molecular flexibility index (Phi) is 5.35. The molecule has 3 aromatic rings. The highest BCUT2D eigenvalue weighted by molar-refractivity contribution is 7.13. The van der Waals surface area contributed by atoms with Crippen LogP contribution in [0.2, 0.25) is 5.02 Å². The number of amides is 2. The number of hydrogen-bond acceptors (Lipinski definition) is 3. The van der Waals surface area contributed by atoms with E-state index < -0.39 is 0 Å². The van der Waals surface area contributed by atoms with Crippen LogP contribution in [0.15, 0.2) is 53.9 Å². The number of benzene rings is 2. The Morgan fingerprint density at radius 2 is 1.83 bits per heavy atom. The van der Waals surface area contributed by atoms with Gasteiger partial charge in [-0.25, -0.2) is 9.78 Å². The van der Waals surface area contributed by atoms with Crippen LogP contribution < -0.4 is 10.6 Å². The fourth-order valence-electron chi connectivity index (χ4n) is 2.06. The van der Waals surface area contributed by atoms with Gasteiger partial charge in [-0.2, -0.15) is 0 Å². The maximum atomic E-state index is 12.0. The van der Waals surface area contributed by atoms with Crippen molar-refractivity contribution in [2.24, 2.45) is 0 Å². The molecule has 2 aromatic carbocycles. The Morgan fingerprint density at radius 1 is 1.08 bits per heavy atom. The molecule has 0 bridgehead atoms. The number of hydrogen-bond donors (Lipinski definition) is 2. The molecule has 0 radical (unpaired) electrons. The van der Waals surface area contributed by atoms with Crippen LogP contribution in [-0.2, 0) is 5.88 Å². The SMILES string of the molecule is O=C(Nc1ccc(-c2nc(CCl)cs2)cc1)Nc1cccc(Cl)c1. The lowest BCUT2D eigenvalue weighted by molar-refractivity contribution is 0.262. The van der Waals surface area contributed by atoms with E-state index in [2.05, 4.69) is 15.6 Å². The lowest BCUT2D eigenvalue weighted by atomic mass is 10.2. The van der Waals surface area contributed by atoms with E-state index in [0.29, 0.717) is 22.3 Å². The summed E-state index contributed by atoms with van der Waals surface area (Å²) in [6, 6.07) is 14.1. The molecule has 2 amide bonds. The van der Waals surface area contributed by atoms with E-state index in [0.717, 1.165) is 16.3 Å². The first-order chi connectivity index (χ1) is 11.6. The number of alkyl halides is 1. The second kappa shape index (κ2) is 7.66. The van der Waals surface area contributed by atoms with Gasteiger partial charge in [0.15, 0.2) is 0 Å². The summed E-state index contributed by atoms with van der Waals surface area (Å²) in [4.78, 5) is 16.4. The van der Waals surface area contributed by atoms with Crippen molar-refractivity contribution in [3.63, 3.8) is 0 Å². The van der Waals surface area contributed by atoms with Crippen molar-refractivity contribution >= 4 is 51.9 Å². The zero-order chi connectivity index (χ0) is 16.9. The van der Waals surface area contributed by atoms with Gasteiger partial charge in [-0.3, -0.25) is 0 Å². The van der Waals surface area contributed by atoms with Gasteiger partial charge in [-0.15, -0.1) is 22.9 Å². The van der Waals surface area contributed by atoms with Gasteiger partial charge in [0.2, 0.25) is 0 Å². The molecular formula is C17H13Cl2N3OS. The number of carbonyl (C=O) groups excluding carboxylic acids is 1. The zero-order valence-electron chi connectivity index (χ0n) is 12.4. The molecule has 1 heterocycles. The van der Waals surface area contributed by atoms with E-state index in [9.17, 15) is 4.79 Å². The number of aromatic nitrogens is 1. The van der Waals surface area contributed by atoms with Crippen LogP contribution >= 0.6 is 34.5 Å². The van der Waals surface area contributed by atoms with Crippen LogP contribution in [0.4, 0.5) is 16.2 Å². The van der Waals surface area contributed by atoms with Crippen molar-refractivity contribution in [1.82, 2.24) is 4.98 Å². The number of urea groups is 1. The highest BCUT2D eigenvalue weighted by atomic mass is 35.5. The maximum Gasteiger partial charge on any atom is 0.323 e. The van der Waals surface area contributed by atoms with Crippen LogP contribution in [0.25, 0.3) is 10.6 Å². The van der Waals surface area contributed by atoms with Crippen LogP contribution in [-0.4, -0.2) is 11.0 Å². The minimum atomic E-state index is -0.330. The molecule has 24 heavy (non-hydrogen) atoms. The van der Waals surface area contributed by atoms with Crippen molar-refractivity contribution in [3.8, 4) is 10.6 Å². The van der Waals surface area contributed by atoms with Crippen molar-refractivity contribution in [2.75, 3.05) is 10.6 Å². The summed E-state index contributed by atoms with van der Waals surface area (Å²) >= 11 is 13.2. The molecule has 0 saturated carbocycles. The third-order valence-corrected chi connectivity index (χ3v) is 4.61. The van der Waals surface area contributed by atoms with Gasteiger partial charge in [-0.05, 0) is 42.5 Å². The van der Waals surface area contributed by atoms with E-state index in [1.807, 2.05) is 29.6 Å². The first-order valence-corrected chi connectivity index (χ1v) is 8.87. The van der Waals surface area contributed by atoms with Crippen LogP contribution in [0.5, 0.6) is 0 Å². The number of anilines is 2. The first kappa shape index (κ1) is 16.8. The molecule has 7 heteroatoms. The summed E-state index contributed by atoms with van der Waals surface area (Å²) in [7, 11) is 0. The molecule has 0 atom stereocenters. The molecule has 4 nitrogen and oxygen atoms in total. The molecule has 0 aliphatic carbocycles. The number of carbonyl (C=O) groups is 1. The third kappa shape index (κ3) is 4.26. The molecule has 0 saturated heterocycles. The Morgan fingerprint density at radius 3 is 2.50 bits per heavy atom. The standard InChI is InChI=1S/C17H13Cl2N3OS/c18-9-15-10-24-16(20-15)11-4-6-13(7-5-11)21-17(23)22-14-3-1-2-12(19)8-14/h1-8,10H,9H2,(H2,21,22,23). The summed E-state index contributed by atoms with van der Waals surface area (Å²) in [5.74, 6) is 0.403. The smallest absolute Gasteiger partial charge is 0.308 e. The normalized spacial score (nSPS) is 10.4. The first-order valence-electron chi connectivity index (χ1n) is 7.08. The largest absolute Gasteiger partial charge is 0.323 e. The second-order valence-electron chi connectivity index (χ2n) is 4.94. The summed E-state index contributed by atoms with van der Waals surface area (Å²) in [6.45, 7) is 0. The molecule has 3 rings (SSSR count). The molecule has 0 aliphatic rings. The fourth-order valence-corrected chi connectivity index (χ4v) is 3.30. The number of nitrogens with one attached hydrogen (secondary N) is 2. The van der Waals surface area contributed by atoms with E-state index in [4.69, 9.17) is 23.2 Å². The summed E-state index contributed by atoms with van der Waals surface area (Å²) in [5.41, 5.74) is 3.16. The van der Waals surface area contributed by atoms with Crippen LogP contribution in [0, 0.1) is 0 Å². The van der Waals surface area contributed by atoms with Gasteiger partial charge in [0.1, 0.15) is 5.01 Å². The summed E-state index contributed by atoms with van der Waals surface area (Å²) < 4.78 is 0. The highest BCUT2D eigenvalue weighted by Gasteiger charge is 2.06. The van der Waals surface area contributed by atoms with Gasteiger partial charge in [-0.1, -0.05) is 17.7 Å². The predicted octanol–water partition coefficient (Wildman–Crippen LogP) is 5.85. The van der Waals surface area contributed by atoms with Crippen molar-refractivity contribution in [1.29, 1.82) is 0 Å². The van der Waals surface area contributed by atoms with E-state index in [-0.39, 0.29) is 6.03 Å². The van der Waals surface area contributed by atoms with Crippen molar-refractivity contribution in [3.05, 3.63) is 64.6 Å². The second-order valence-corrected chi connectivity index (χ2v) is 6.51. The van der Waals surface area contributed by atoms with Crippen LogP contribution in [0.1, 0.15) is 5.69 Å². The third-order valence-electron chi connectivity index (χ3n) is 3.16. The number of thiazole rings is 1. The number of halogens is 2. The Labute approximate surface area is 153 Å². The molecule has 0 spiro atoms. The summed E-state index contributed by atoms with van der Waals surface area (Å²) in [5, 5.41) is 8.91. The summed E-state index contributed by atoms with van der Waals surface area (Å²) in [6.07, 6.45) is 0. The fraction of sp³-hybridized carbons (Fsp3) is 0.0588. The van der Waals surface area contributed by atoms with Crippen LogP contribution in [0.3, 0.4) is 0 Å². The lowest BCUT2D eigenvalue weighted by Crippen LogP contribution is -2.19. The lowest BCUT2D eigenvalue weighted by Gasteiger charge is -2.08. The number of rotatable bonds is 4. The topological polar surface area (TPSA) is 54.0 Å². The van der Waals surface area contributed by atoms with Gasteiger partial charge >= 0.3 is 6.03 Å². The quantitative estimate of drug-likeness (QED) is 0.560. The average molecular weight is 378 g/mol. The molecule has 122 valence electrons. The molecular weight excluding hydrogens is 365 g/mol.